The third-order valence-corrected chi connectivity index (χ3v) is 4.13. The van der Waals surface area contributed by atoms with Crippen LogP contribution in [0.5, 0.6) is 0 Å². The number of aryl methyl sites for hydroxylation is 1. The van der Waals surface area contributed by atoms with E-state index in [1.807, 2.05) is 19.1 Å². The number of benzene rings is 2. The van der Waals surface area contributed by atoms with Crippen molar-refractivity contribution < 1.29 is 18.4 Å². The maximum atomic E-state index is 13.8. The molecule has 0 fully saturated rings. The monoisotopic (exact) mass is 375 g/mol. The molecule has 2 N–H and O–H groups in total. The van der Waals surface area contributed by atoms with Crippen LogP contribution in [-0.4, -0.2) is 36.9 Å². The summed E-state index contributed by atoms with van der Waals surface area (Å²) in [7, 11) is 1.52. The molecule has 144 valence electrons. The summed E-state index contributed by atoms with van der Waals surface area (Å²) in [5.74, 6) is -1.96. The molecule has 0 saturated carbocycles. The molecular weight excluding hydrogens is 352 g/mol. The van der Waals surface area contributed by atoms with E-state index in [-0.39, 0.29) is 30.5 Å². The molecule has 0 aromatic heterocycles. The first-order chi connectivity index (χ1) is 12.8. The predicted octanol–water partition coefficient (Wildman–Crippen LogP) is 3.02. The van der Waals surface area contributed by atoms with Crippen molar-refractivity contribution in [2.75, 3.05) is 25.5 Å². The Balaban J connectivity index is 1.82. The van der Waals surface area contributed by atoms with E-state index in [2.05, 4.69) is 10.6 Å². The van der Waals surface area contributed by atoms with Crippen molar-refractivity contribution in [3.63, 3.8) is 0 Å². The first kappa shape index (κ1) is 20.5. The van der Waals surface area contributed by atoms with Gasteiger partial charge in [0.25, 0.3) is 0 Å². The molecule has 0 aliphatic rings. The lowest BCUT2D eigenvalue weighted by atomic mass is 10.1. The maximum absolute atomic E-state index is 13.8. The zero-order valence-electron chi connectivity index (χ0n) is 15.6. The van der Waals surface area contributed by atoms with Crippen LogP contribution in [0.15, 0.2) is 42.5 Å². The van der Waals surface area contributed by atoms with Gasteiger partial charge in [-0.25, -0.2) is 8.78 Å². The lowest BCUT2D eigenvalue weighted by Crippen LogP contribution is -2.40. The Hall–Kier alpha value is -2.80. The Kier molecular flexibility index (Phi) is 7.01. The third kappa shape index (κ3) is 6.14. The van der Waals surface area contributed by atoms with Crippen molar-refractivity contribution in [3.05, 3.63) is 65.2 Å². The largest absolute Gasteiger partial charge is 0.335 e. The SMILES string of the molecule is Cc1ccc(NC(=O)CN(C)C(=O)CN[C@@H](C)c2ccc(F)cc2F)cc1. The van der Waals surface area contributed by atoms with E-state index in [0.717, 1.165) is 11.6 Å². The summed E-state index contributed by atoms with van der Waals surface area (Å²) in [6, 6.07) is 10.2. The van der Waals surface area contributed by atoms with E-state index in [1.165, 1.54) is 24.1 Å². The lowest BCUT2D eigenvalue weighted by Gasteiger charge is -2.20. The van der Waals surface area contributed by atoms with Gasteiger partial charge < -0.3 is 15.5 Å². The number of hydrogen-bond acceptors (Lipinski definition) is 3. The summed E-state index contributed by atoms with van der Waals surface area (Å²) in [6.07, 6.45) is 0. The van der Waals surface area contributed by atoms with Crippen molar-refractivity contribution in [2.45, 2.75) is 19.9 Å². The van der Waals surface area contributed by atoms with E-state index in [1.54, 1.807) is 19.1 Å². The Bertz CT molecular complexity index is 809. The van der Waals surface area contributed by atoms with Crippen LogP contribution < -0.4 is 10.6 Å². The highest BCUT2D eigenvalue weighted by Gasteiger charge is 2.16. The number of nitrogens with zero attached hydrogens (tertiary/aromatic N) is 1. The van der Waals surface area contributed by atoms with Gasteiger partial charge in [-0.2, -0.15) is 0 Å². The Morgan fingerprint density at radius 3 is 2.41 bits per heavy atom. The standard InChI is InChI=1S/C20H23F2N3O2/c1-13-4-7-16(8-5-13)24-19(26)12-25(3)20(27)11-23-14(2)17-9-6-15(21)10-18(17)22/h4-10,14,23H,11-12H2,1-3H3,(H,24,26)/t14-/m0/s1. The van der Waals surface area contributed by atoms with Gasteiger partial charge in [0, 0.05) is 30.4 Å². The fourth-order valence-electron chi connectivity index (χ4n) is 2.48. The predicted molar refractivity (Wildman–Crippen MR) is 100 cm³/mol. The van der Waals surface area contributed by atoms with Crippen LogP contribution in [0.1, 0.15) is 24.1 Å². The Labute approximate surface area is 157 Å². The van der Waals surface area contributed by atoms with Gasteiger partial charge in [0.1, 0.15) is 11.6 Å². The molecule has 0 unspecified atom stereocenters. The minimum atomic E-state index is -0.673. The number of hydrogen-bond donors (Lipinski definition) is 2. The number of halogens is 2. The van der Waals surface area contributed by atoms with Gasteiger partial charge in [0.15, 0.2) is 0 Å². The fourth-order valence-corrected chi connectivity index (χ4v) is 2.48. The zero-order valence-corrected chi connectivity index (χ0v) is 15.6. The van der Waals surface area contributed by atoms with Crippen molar-refractivity contribution in [1.29, 1.82) is 0 Å². The normalized spacial score (nSPS) is 11.7. The highest BCUT2D eigenvalue weighted by Crippen LogP contribution is 2.17. The van der Waals surface area contributed by atoms with Crippen molar-refractivity contribution in [2.24, 2.45) is 0 Å². The van der Waals surface area contributed by atoms with Gasteiger partial charge in [-0.05, 0) is 32.0 Å². The van der Waals surface area contributed by atoms with Crippen molar-refractivity contribution in [3.8, 4) is 0 Å². The van der Waals surface area contributed by atoms with Crippen LogP contribution in [0.25, 0.3) is 0 Å². The van der Waals surface area contributed by atoms with Crippen LogP contribution in [0.4, 0.5) is 14.5 Å². The molecule has 0 aliphatic carbocycles. The lowest BCUT2D eigenvalue weighted by molar-refractivity contribution is -0.132. The molecule has 0 bridgehead atoms. The molecular formula is C20H23F2N3O2. The maximum Gasteiger partial charge on any atom is 0.243 e. The number of rotatable bonds is 7. The number of amides is 2. The summed E-state index contributed by atoms with van der Waals surface area (Å²) >= 11 is 0. The molecule has 5 nitrogen and oxygen atoms in total. The molecule has 7 heteroatoms. The number of likely N-dealkylation sites (N-methyl/N-ethyl adjacent to an activating group) is 1. The van der Waals surface area contributed by atoms with Gasteiger partial charge in [-0.1, -0.05) is 23.8 Å². The highest BCUT2D eigenvalue weighted by atomic mass is 19.1. The molecule has 1 atom stereocenters. The van der Waals surface area contributed by atoms with E-state index in [4.69, 9.17) is 0 Å². The quantitative estimate of drug-likeness (QED) is 0.782. The zero-order chi connectivity index (χ0) is 20.0. The molecule has 2 amide bonds. The Morgan fingerprint density at radius 1 is 1.11 bits per heavy atom. The number of anilines is 1. The van der Waals surface area contributed by atoms with Crippen LogP contribution in [0.3, 0.4) is 0 Å². The first-order valence-electron chi connectivity index (χ1n) is 8.55. The minimum Gasteiger partial charge on any atom is -0.335 e. The molecule has 27 heavy (non-hydrogen) atoms. The van der Waals surface area contributed by atoms with Crippen LogP contribution in [0.2, 0.25) is 0 Å². The second kappa shape index (κ2) is 9.23. The third-order valence-electron chi connectivity index (χ3n) is 4.13. The number of nitrogens with one attached hydrogen (secondary N) is 2. The molecule has 2 rings (SSSR count). The molecule has 0 radical (unpaired) electrons. The summed E-state index contributed by atoms with van der Waals surface area (Å²) in [4.78, 5) is 25.5. The number of carbonyl (C=O) groups is 2. The molecule has 2 aromatic carbocycles. The molecule has 2 aromatic rings. The topological polar surface area (TPSA) is 61.4 Å². The summed E-state index contributed by atoms with van der Waals surface area (Å²) in [6.45, 7) is 3.44. The average Bonchev–Trinajstić information content (AvgIpc) is 2.61. The van der Waals surface area contributed by atoms with Gasteiger partial charge >= 0.3 is 0 Å². The van der Waals surface area contributed by atoms with Crippen LogP contribution in [-0.2, 0) is 9.59 Å². The highest BCUT2D eigenvalue weighted by molar-refractivity contribution is 5.94. The van der Waals surface area contributed by atoms with E-state index >= 15 is 0 Å². The van der Waals surface area contributed by atoms with Gasteiger partial charge in [-0.15, -0.1) is 0 Å². The van der Waals surface area contributed by atoms with Crippen molar-refractivity contribution >= 4 is 17.5 Å². The smallest absolute Gasteiger partial charge is 0.243 e. The van der Waals surface area contributed by atoms with E-state index in [0.29, 0.717) is 5.69 Å². The second-order valence-electron chi connectivity index (χ2n) is 6.43. The van der Waals surface area contributed by atoms with Crippen LogP contribution >= 0.6 is 0 Å². The molecule has 0 heterocycles. The van der Waals surface area contributed by atoms with E-state index in [9.17, 15) is 18.4 Å². The molecule has 0 spiro atoms. The summed E-state index contributed by atoms with van der Waals surface area (Å²) in [5.41, 5.74) is 2.01. The van der Waals surface area contributed by atoms with E-state index < -0.39 is 17.7 Å². The van der Waals surface area contributed by atoms with Gasteiger partial charge in [0.05, 0.1) is 13.1 Å². The average molecular weight is 375 g/mol. The summed E-state index contributed by atoms with van der Waals surface area (Å²) in [5, 5.41) is 5.60. The summed E-state index contributed by atoms with van der Waals surface area (Å²) < 4.78 is 26.7. The second-order valence-corrected chi connectivity index (χ2v) is 6.43. The molecule has 0 aliphatic heterocycles. The van der Waals surface area contributed by atoms with Crippen molar-refractivity contribution in [1.82, 2.24) is 10.2 Å². The fraction of sp³-hybridized carbons (Fsp3) is 0.300. The van der Waals surface area contributed by atoms with Crippen LogP contribution in [0, 0.1) is 18.6 Å². The molecule has 0 saturated heterocycles. The number of carbonyl (C=O) groups excluding carboxylic acids is 2. The Morgan fingerprint density at radius 2 is 1.78 bits per heavy atom. The minimum absolute atomic E-state index is 0.0771. The first-order valence-corrected chi connectivity index (χ1v) is 8.55. The van der Waals surface area contributed by atoms with Gasteiger partial charge in [-0.3, -0.25) is 9.59 Å². The van der Waals surface area contributed by atoms with Gasteiger partial charge in [0.2, 0.25) is 11.8 Å².